The van der Waals surface area contributed by atoms with Gasteiger partial charge in [0, 0.05) is 25.6 Å². The fourth-order valence-corrected chi connectivity index (χ4v) is 2.17. The Balaban J connectivity index is 1.63. The summed E-state index contributed by atoms with van der Waals surface area (Å²) in [4.78, 5) is 0. The maximum Gasteiger partial charge on any atom is 0.0933 e. The molecule has 2 N–H and O–H groups in total. The Kier molecular flexibility index (Phi) is 11.7. The van der Waals surface area contributed by atoms with Crippen molar-refractivity contribution in [3.8, 4) is 0 Å². The lowest BCUT2D eigenvalue weighted by Gasteiger charge is -2.07. The van der Waals surface area contributed by atoms with Crippen LogP contribution in [0.15, 0.2) is 0 Å². The highest BCUT2D eigenvalue weighted by atomic mass is 35.5. The van der Waals surface area contributed by atoms with Gasteiger partial charge in [0.15, 0.2) is 0 Å². The molecule has 1 aliphatic heterocycles. The van der Waals surface area contributed by atoms with Gasteiger partial charge in [0.25, 0.3) is 0 Å². The van der Waals surface area contributed by atoms with Crippen LogP contribution >= 0.6 is 11.6 Å². The highest BCUT2D eigenvalue weighted by Crippen LogP contribution is 2.07. The SMILES string of the molecule is OC(CCl)CCCCCCOCCCCNCC1CO1. The highest BCUT2D eigenvalue weighted by Gasteiger charge is 2.20. The van der Waals surface area contributed by atoms with Gasteiger partial charge in [-0.3, -0.25) is 0 Å². The number of nitrogens with one attached hydrogen (secondary N) is 1. The number of alkyl halides is 1. The Morgan fingerprint density at radius 3 is 2.55 bits per heavy atom. The maximum atomic E-state index is 9.28. The van der Waals surface area contributed by atoms with Crippen LogP contribution < -0.4 is 5.32 Å². The van der Waals surface area contributed by atoms with Gasteiger partial charge in [-0.05, 0) is 32.2 Å². The minimum atomic E-state index is -0.326. The summed E-state index contributed by atoms with van der Waals surface area (Å²) in [5.74, 6) is 0.353. The average Bonchev–Trinajstić information content (AvgIpc) is 3.27. The zero-order chi connectivity index (χ0) is 14.5. The summed E-state index contributed by atoms with van der Waals surface area (Å²) >= 11 is 5.53. The summed E-state index contributed by atoms with van der Waals surface area (Å²) in [6.07, 6.45) is 7.79. The molecule has 1 heterocycles. The van der Waals surface area contributed by atoms with Crippen molar-refractivity contribution in [2.45, 2.75) is 57.2 Å². The quantitative estimate of drug-likeness (QED) is 0.277. The van der Waals surface area contributed by atoms with Crippen molar-refractivity contribution < 1.29 is 14.6 Å². The first-order valence-electron chi connectivity index (χ1n) is 7.97. The van der Waals surface area contributed by atoms with Gasteiger partial charge in [-0.1, -0.05) is 19.3 Å². The van der Waals surface area contributed by atoms with Gasteiger partial charge in [0.05, 0.1) is 18.8 Å². The van der Waals surface area contributed by atoms with Crippen LogP contribution in [0.25, 0.3) is 0 Å². The maximum absolute atomic E-state index is 9.28. The van der Waals surface area contributed by atoms with Gasteiger partial charge in [-0.15, -0.1) is 11.6 Å². The predicted octanol–water partition coefficient (Wildman–Crippen LogP) is 2.32. The molecule has 0 amide bonds. The molecule has 0 aromatic heterocycles. The molecule has 0 aromatic carbocycles. The Morgan fingerprint density at radius 1 is 1.15 bits per heavy atom. The van der Waals surface area contributed by atoms with Crippen molar-refractivity contribution in [1.29, 1.82) is 0 Å². The van der Waals surface area contributed by atoms with Crippen molar-refractivity contribution in [2.75, 3.05) is 38.8 Å². The van der Waals surface area contributed by atoms with Crippen LogP contribution in [-0.4, -0.2) is 56.1 Å². The first-order chi connectivity index (χ1) is 9.83. The third kappa shape index (κ3) is 11.9. The Bertz CT molecular complexity index is 215. The Morgan fingerprint density at radius 2 is 1.85 bits per heavy atom. The molecular formula is C15H30ClNO3. The van der Waals surface area contributed by atoms with E-state index < -0.39 is 0 Å². The summed E-state index contributed by atoms with van der Waals surface area (Å²) in [5, 5.41) is 12.7. The van der Waals surface area contributed by atoms with Crippen LogP contribution in [0.3, 0.4) is 0 Å². The normalized spacial score (nSPS) is 19.2. The summed E-state index contributed by atoms with van der Waals surface area (Å²) in [5.41, 5.74) is 0. The van der Waals surface area contributed by atoms with Crippen molar-refractivity contribution in [2.24, 2.45) is 0 Å². The van der Waals surface area contributed by atoms with Gasteiger partial charge in [-0.2, -0.15) is 0 Å². The van der Waals surface area contributed by atoms with Gasteiger partial charge >= 0.3 is 0 Å². The number of epoxide rings is 1. The Hall–Kier alpha value is 0.130. The van der Waals surface area contributed by atoms with E-state index in [9.17, 15) is 5.11 Å². The summed E-state index contributed by atoms with van der Waals surface area (Å²) in [6.45, 7) is 4.72. The van der Waals surface area contributed by atoms with Crippen LogP contribution in [0.1, 0.15) is 44.9 Å². The van der Waals surface area contributed by atoms with Gasteiger partial charge in [0.2, 0.25) is 0 Å². The Labute approximate surface area is 128 Å². The topological polar surface area (TPSA) is 54.0 Å². The van der Waals surface area contributed by atoms with E-state index in [2.05, 4.69) is 5.32 Å². The van der Waals surface area contributed by atoms with Gasteiger partial charge in [0.1, 0.15) is 0 Å². The number of hydrogen-bond acceptors (Lipinski definition) is 4. The minimum absolute atomic E-state index is 0.326. The number of hydrogen-bond donors (Lipinski definition) is 2. The van der Waals surface area contributed by atoms with Crippen LogP contribution in [0.4, 0.5) is 0 Å². The van der Waals surface area contributed by atoms with E-state index >= 15 is 0 Å². The number of aliphatic hydroxyl groups is 1. The number of ether oxygens (including phenoxy) is 2. The minimum Gasteiger partial charge on any atom is -0.392 e. The predicted molar refractivity (Wildman–Crippen MR) is 82.5 cm³/mol. The third-order valence-corrected chi connectivity index (χ3v) is 3.78. The molecule has 0 bridgehead atoms. The number of aliphatic hydroxyl groups excluding tert-OH is 1. The fraction of sp³-hybridized carbons (Fsp3) is 1.00. The van der Waals surface area contributed by atoms with Gasteiger partial charge in [-0.25, -0.2) is 0 Å². The monoisotopic (exact) mass is 307 g/mol. The fourth-order valence-electron chi connectivity index (χ4n) is 2.02. The lowest BCUT2D eigenvalue weighted by molar-refractivity contribution is 0.125. The molecule has 4 nitrogen and oxygen atoms in total. The first kappa shape index (κ1) is 18.2. The average molecular weight is 308 g/mol. The largest absolute Gasteiger partial charge is 0.392 e. The van der Waals surface area contributed by atoms with E-state index in [0.29, 0.717) is 12.0 Å². The second-order valence-electron chi connectivity index (χ2n) is 5.49. The molecule has 0 spiro atoms. The molecule has 5 heteroatoms. The molecule has 20 heavy (non-hydrogen) atoms. The van der Waals surface area contributed by atoms with E-state index in [4.69, 9.17) is 21.1 Å². The second-order valence-corrected chi connectivity index (χ2v) is 5.80. The van der Waals surface area contributed by atoms with Crippen LogP contribution in [0.5, 0.6) is 0 Å². The number of unbranched alkanes of at least 4 members (excludes halogenated alkanes) is 4. The van der Waals surface area contributed by atoms with Crippen molar-refractivity contribution >= 4 is 11.6 Å². The third-order valence-electron chi connectivity index (χ3n) is 3.42. The lowest BCUT2D eigenvalue weighted by atomic mass is 10.1. The van der Waals surface area contributed by atoms with Crippen LogP contribution in [0, 0.1) is 0 Å². The molecule has 1 rings (SSSR count). The zero-order valence-corrected chi connectivity index (χ0v) is 13.2. The smallest absolute Gasteiger partial charge is 0.0933 e. The summed E-state index contributed by atoms with van der Waals surface area (Å²) in [7, 11) is 0. The van der Waals surface area contributed by atoms with E-state index in [0.717, 1.165) is 65.0 Å². The van der Waals surface area contributed by atoms with Crippen LogP contribution in [0.2, 0.25) is 0 Å². The van der Waals surface area contributed by atoms with E-state index in [1.807, 2.05) is 0 Å². The molecule has 2 unspecified atom stereocenters. The summed E-state index contributed by atoms with van der Waals surface area (Å²) in [6, 6.07) is 0. The zero-order valence-electron chi connectivity index (χ0n) is 12.5. The molecule has 120 valence electrons. The van der Waals surface area contributed by atoms with E-state index in [1.54, 1.807) is 0 Å². The van der Waals surface area contributed by atoms with E-state index in [1.165, 1.54) is 12.8 Å². The number of halogens is 1. The molecule has 2 atom stereocenters. The highest BCUT2D eigenvalue weighted by molar-refractivity contribution is 6.18. The van der Waals surface area contributed by atoms with Crippen molar-refractivity contribution in [3.05, 3.63) is 0 Å². The van der Waals surface area contributed by atoms with Crippen LogP contribution in [-0.2, 0) is 9.47 Å². The molecule has 1 aliphatic rings. The first-order valence-corrected chi connectivity index (χ1v) is 8.50. The van der Waals surface area contributed by atoms with Gasteiger partial charge < -0.3 is 19.9 Å². The molecule has 0 aromatic rings. The summed E-state index contributed by atoms with van der Waals surface area (Å²) < 4.78 is 10.7. The lowest BCUT2D eigenvalue weighted by Crippen LogP contribution is -2.21. The van der Waals surface area contributed by atoms with Crippen molar-refractivity contribution in [3.63, 3.8) is 0 Å². The van der Waals surface area contributed by atoms with E-state index in [-0.39, 0.29) is 6.10 Å². The molecule has 0 radical (unpaired) electrons. The standard InChI is InChI=1S/C15H30ClNO3/c16-11-14(18)7-3-1-2-5-9-19-10-6-4-8-17-12-15-13-20-15/h14-15,17-18H,1-13H2. The molecule has 1 fully saturated rings. The molecule has 0 saturated carbocycles. The number of rotatable bonds is 15. The second kappa shape index (κ2) is 12.8. The molecule has 0 aliphatic carbocycles. The molecule has 1 saturated heterocycles. The van der Waals surface area contributed by atoms with Crippen molar-refractivity contribution in [1.82, 2.24) is 5.32 Å². The molecular weight excluding hydrogens is 278 g/mol.